The molecule has 1 aromatic carbocycles. The Morgan fingerprint density at radius 2 is 1.33 bits per heavy atom. The van der Waals surface area contributed by atoms with Gasteiger partial charge in [0.1, 0.15) is 11.6 Å². The first kappa shape index (κ1) is 14.5. The van der Waals surface area contributed by atoms with Gasteiger partial charge in [-0.15, -0.1) is 29.1 Å². The Morgan fingerprint density at radius 1 is 1.00 bits per heavy atom. The van der Waals surface area contributed by atoms with Crippen molar-refractivity contribution in [3.63, 3.8) is 0 Å². The van der Waals surface area contributed by atoms with E-state index in [1.165, 1.54) is 0 Å². The van der Waals surface area contributed by atoms with Gasteiger partial charge >= 0.3 is 0 Å². The van der Waals surface area contributed by atoms with Gasteiger partial charge in [0.25, 0.3) is 0 Å². The second-order valence-electron chi connectivity index (χ2n) is 1.87. The van der Waals surface area contributed by atoms with Crippen molar-refractivity contribution in [2.75, 3.05) is 0 Å². The molecule has 0 aliphatic heterocycles. The van der Waals surface area contributed by atoms with Crippen LogP contribution in [0, 0.1) is 24.4 Å². The zero-order valence-corrected chi connectivity index (χ0v) is 10.8. The van der Waals surface area contributed by atoms with Crippen molar-refractivity contribution in [3.05, 3.63) is 42.1 Å². The Hall–Kier alpha value is -0.0166. The summed E-state index contributed by atoms with van der Waals surface area (Å²) in [6.07, 6.45) is 0. The summed E-state index contributed by atoms with van der Waals surface area (Å²) in [5.74, 6) is -3.86. The molecule has 1 rings (SSSR count). The molecule has 0 aromatic heterocycles. The number of benzene rings is 1. The molecule has 0 bridgehead atoms. The fraction of sp³-hybridized carbons (Fsp3) is 0. The van der Waals surface area contributed by atoms with Crippen LogP contribution < -0.4 is 0 Å². The van der Waals surface area contributed by atoms with E-state index in [1.807, 2.05) is 0 Å². The fourth-order valence-corrected chi connectivity index (χ4v) is 0.608. The van der Waals surface area contributed by atoms with E-state index in [4.69, 9.17) is 0 Å². The molecule has 0 heterocycles. The summed E-state index contributed by atoms with van der Waals surface area (Å²) >= 11 is 0. The SMILES string of the molecule is Br.[CH2-]c1cc(F)c(F)c(F)c1.[Zn]. The first-order chi connectivity index (χ1) is 4.61. The van der Waals surface area contributed by atoms with Crippen LogP contribution in [0.15, 0.2) is 12.1 Å². The minimum Gasteiger partial charge on any atom is -0.218 e. The molecule has 0 aliphatic carbocycles. The molecule has 0 N–H and O–H groups in total. The van der Waals surface area contributed by atoms with Crippen LogP contribution in [0.2, 0.25) is 0 Å². The van der Waals surface area contributed by atoms with Crippen molar-refractivity contribution in [1.29, 1.82) is 0 Å². The van der Waals surface area contributed by atoms with Crippen LogP contribution in [-0.2, 0) is 19.5 Å². The van der Waals surface area contributed by atoms with Gasteiger partial charge in [-0.1, -0.05) is 0 Å². The first-order valence-electron chi connectivity index (χ1n) is 2.58. The Kier molecular flexibility index (Phi) is 6.77. The molecule has 0 spiro atoms. The van der Waals surface area contributed by atoms with Crippen molar-refractivity contribution in [2.24, 2.45) is 0 Å². The van der Waals surface area contributed by atoms with E-state index in [0.29, 0.717) is 0 Å². The average molecular weight is 291 g/mol. The molecule has 0 unspecified atom stereocenters. The quantitative estimate of drug-likeness (QED) is 0.392. The standard InChI is InChI=1S/C7H4F3.BrH.Zn/c1-4-2-5(8)7(10)6(9)3-4;;/h2-3H,1H2;1H;/q-1;;. The predicted octanol–water partition coefficient (Wildman–Crippen LogP) is 2.86. The van der Waals surface area contributed by atoms with E-state index >= 15 is 0 Å². The number of halogens is 4. The van der Waals surface area contributed by atoms with Crippen LogP contribution in [0.4, 0.5) is 13.2 Å². The van der Waals surface area contributed by atoms with Crippen LogP contribution in [0.5, 0.6) is 0 Å². The van der Waals surface area contributed by atoms with Gasteiger partial charge in [-0.2, -0.15) is 12.5 Å². The van der Waals surface area contributed by atoms with Gasteiger partial charge in [0.05, 0.1) is 0 Å². The summed E-state index contributed by atoms with van der Waals surface area (Å²) in [6, 6.07) is 1.66. The number of rotatable bonds is 0. The molecule has 5 heteroatoms. The van der Waals surface area contributed by atoms with Crippen molar-refractivity contribution < 1.29 is 32.6 Å². The molecule has 0 nitrogen and oxygen atoms in total. The Bertz CT molecular complexity index is 242. The topological polar surface area (TPSA) is 0 Å². The summed E-state index contributed by atoms with van der Waals surface area (Å²) in [7, 11) is 0. The molecule has 0 atom stereocenters. The largest absolute Gasteiger partial charge is 0.218 e. The smallest absolute Gasteiger partial charge is 0.169 e. The van der Waals surface area contributed by atoms with Crippen molar-refractivity contribution >= 4 is 17.0 Å². The molecule has 0 aliphatic rings. The zero-order valence-electron chi connectivity index (χ0n) is 6.11. The van der Waals surface area contributed by atoms with E-state index in [2.05, 4.69) is 6.92 Å². The van der Waals surface area contributed by atoms with Crippen LogP contribution in [0.1, 0.15) is 5.56 Å². The van der Waals surface area contributed by atoms with Gasteiger partial charge in [0, 0.05) is 19.5 Å². The molecule has 64 valence electrons. The average Bonchev–Trinajstić information content (AvgIpc) is 1.82. The Balaban J connectivity index is 0. The minimum absolute atomic E-state index is 0. The second-order valence-corrected chi connectivity index (χ2v) is 1.87. The van der Waals surface area contributed by atoms with Crippen molar-refractivity contribution in [2.45, 2.75) is 0 Å². The fourth-order valence-electron chi connectivity index (χ4n) is 0.608. The second kappa shape index (κ2) is 5.60. The maximum absolute atomic E-state index is 12.2. The van der Waals surface area contributed by atoms with E-state index in [-0.39, 0.29) is 42.0 Å². The molecule has 0 amide bonds. The molecular weight excluding hydrogens is 286 g/mol. The number of hydrogen-bond acceptors (Lipinski definition) is 0. The first-order valence-corrected chi connectivity index (χ1v) is 2.58. The van der Waals surface area contributed by atoms with Crippen LogP contribution >= 0.6 is 17.0 Å². The minimum atomic E-state index is -1.45. The zero-order chi connectivity index (χ0) is 7.72. The third-order valence-corrected chi connectivity index (χ3v) is 1.04. The molecule has 12 heavy (non-hydrogen) atoms. The molecule has 0 radical (unpaired) electrons. The van der Waals surface area contributed by atoms with E-state index in [0.717, 1.165) is 12.1 Å². The third kappa shape index (κ3) is 3.15. The summed E-state index contributed by atoms with van der Waals surface area (Å²) in [6.45, 7) is 3.24. The van der Waals surface area contributed by atoms with Crippen LogP contribution in [0.3, 0.4) is 0 Å². The van der Waals surface area contributed by atoms with Crippen LogP contribution in [0.25, 0.3) is 0 Å². The summed E-state index contributed by atoms with van der Waals surface area (Å²) in [5, 5.41) is 0. The van der Waals surface area contributed by atoms with Crippen molar-refractivity contribution in [3.8, 4) is 0 Å². The number of hydrogen-bond donors (Lipinski definition) is 0. The van der Waals surface area contributed by atoms with Gasteiger partial charge < -0.3 is 0 Å². The predicted molar refractivity (Wildman–Crippen MR) is 41.1 cm³/mol. The summed E-state index contributed by atoms with van der Waals surface area (Å²) in [5.41, 5.74) is 0.122. The molecule has 0 saturated heterocycles. The van der Waals surface area contributed by atoms with Gasteiger partial charge in [-0.3, -0.25) is 0 Å². The summed E-state index contributed by atoms with van der Waals surface area (Å²) in [4.78, 5) is 0. The van der Waals surface area contributed by atoms with E-state index in [9.17, 15) is 13.2 Å². The monoisotopic (exact) mass is 289 g/mol. The molecule has 0 saturated carbocycles. The van der Waals surface area contributed by atoms with Gasteiger partial charge in [0.2, 0.25) is 0 Å². The third-order valence-electron chi connectivity index (χ3n) is 1.04. The maximum Gasteiger partial charge on any atom is 0.169 e. The van der Waals surface area contributed by atoms with Gasteiger partial charge in [0.15, 0.2) is 5.82 Å². The Labute approximate surface area is 91.7 Å². The molecule has 0 fully saturated rings. The van der Waals surface area contributed by atoms with Crippen LogP contribution in [-0.4, -0.2) is 0 Å². The Morgan fingerprint density at radius 3 is 1.67 bits per heavy atom. The van der Waals surface area contributed by atoms with E-state index in [1.54, 1.807) is 0 Å². The van der Waals surface area contributed by atoms with Gasteiger partial charge in [-0.05, 0) is 0 Å². The van der Waals surface area contributed by atoms with E-state index < -0.39 is 17.5 Å². The maximum atomic E-state index is 12.2. The normalized spacial score (nSPS) is 8.25. The van der Waals surface area contributed by atoms with Gasteiger partial charge in [-0.25, -0.2) is 13.2 Å². The molecular formula is C7H5BrF3Zn-. The van der Waals surface area contributed by atoms with Crippen molar-refractivity contribution in [1.82, 2.24) is 0 Å². The summed E-state index contributed by atoms with van der Waals surface area (Å²) < 4.78 is 36.5. The molecule has 1 aromatic rings.